The standard InChI is InChI=1S/Al.Co.2H2O4S.3H/c;;2*1-5(2,3)4;;;/h;;2*(H2,1,2,3,4);;;. The quantitative estimate of drug-likeness (QED) is 0.282. The molecule has 0 aliphatic rings. The summed E-state index contributed by atoms with van der Waals surface area (Å²) in [5.41, 5.74) is 0. The Hall–Kier alpha value is 0.779. The Balaban J connectivity index is -0.0000000457. The Labute approximate surface area is 89.8 Å². The van der Waals surface area contributed by atoms with Crippen LogP contribution in [0.3, 0.4) is 0 Å². The summed E-state index contributed by atoms with van der Waals surface area (Å²) in [4.78, 5) is 0. The fourth-order valence-corrected chi connectivity index (χ4v) is 0. The first-order valence-electron chi connectivity index (χ1n) is 1.40. The van der Waals surface area contributed by atoms with Crippen molar-refractivity contribution in [2.75, 3.05) is 0 Å². The van der Waals surface area contributed by atoms with E-state index in [9.17, 15) is 0 Å². The van der Waals surface area contributed by atoms with E-state index < -0.39 is 20.8 Å². The molecule has 0 unspecified atom stereocenters. The van der Waals surface area contributed by atoms with Crippen LogP contribution in [0.4, 0.5) is 0 Å². The van der Waals surface area contributed by atoms with Crippen molar-refractivity contribution in [3.05, 3.63) is 0 Å². The second kappa shape index (κ2) is 8.38. The summed E-state index contributed by atoms with van der Waals surface area (Å²) >= 11 is 0. The molecule has 0 aromatic rings. The van der Waals surface area contributed by atoms with E-state index in [1.807, 2.05) is 0 Å². The molecule has 0 saturated heterocycles. The molecule has 0 atom stereocenters. The zero-order valence-electron chi connectivity index (χ0n) is 4.57. The summed E-state index contributed by atoms with van der Waals surface area (Å²) in [6.07, 6.45) is 0. The summed E-state index contributed by atoms with van der Waals surface area (Å²) < 4.78 is 63.2. The summed E-state index contributed by atoms with van der Waals surface area (Å²) in [5, 5.41) is 0. The second-order valence-corrected chi connectivity index (χ2v) is 2.69. The van der Waals surface area contributed by atoms with Gasteiger partial charge in [-0.2, -0.15) is 16.8 Å². The molecule has 12 heteroatoms. The monoisotopic (exact) mass is 285 g/mol. The van der Waals surface area contributed by atoms with Crippen molar-refractivity contribution >= 4 is 38.2 Å². The van der Waals surface area contributed by atoms with Gasteiger partial charge in [-0.05, 0) is 0 Å². The zero-order valence-corrected chi connectivity index (χ0v) is 7.25. The minimum atomic E-state index is -4.67. The largest absolute Gasteiger partial charge is 0.394 e. The van der Waals surface area contributed by atoms with Gasteiger partial charge in [-0.3, -0.25) is 18.2 Å². The van der Waals surface area contributed by atoms with Gasteiger partial charge >= 0.3 is 20.8 Å². The van der Waals surface area contributed by atoms with Crippen molar-refractivity contribution in [2.45, 2.75) is 0 Å². The van der Waals surface area contributed by atoms with E-state index >= 15 is 0 Å². The smallest absolute Gasteiger partial charge is 0.264 e. The Morgan fingerprint density at radius 1 is 0.667 bits per heavy atom. The van der Waals surface area contributed by atoms with Gasteiger partial charge in [-0.1, -0.05) is 0 Å². The van der Waals surface area contributed by atoms with E-state index in [4.69, 9.17) is 35.0 Å². The molecule has 0 rings (SSSR count). The van der Waals surface area contributed by atoms with Gasteiger partial charge < -0.3 is 0 Å². The van der Waals surface area contributed by atoms with Crippen molar-refractivity contribution in [1.82, 2.24) is 0 Å². The van der Waals surface area contributed by atoms with Gasteiger partial charge in [0.15, 0.2) is 17.4 Å². The van der Waals surface area contributed by atoms with Gasteiger partial charge in [0, 0.05) is 16.8 Å². The number of hydrogen-bond donors (Lipinski definition) is 4. The third kappa shape index (κ3) is 1700. The number of hydrogen-bond acceptors (Lipinski definition) is 4. The molecule has 0 spiro atoms. The summed E-state index contributed by atoms with van der Waals surface area (Å²) in [6.45, 7) is 0. The minimum absolute atomic E-state index is 0. The first-order valence-corrected chi connectivity index (χ1v) is 4.19. The van der Waals surface area contributed by atoms with Crippen molar-refractivity contribution in [3.8, 4) is 0 Å². The van der Waals surface area contributed by atoms with Crippen LogP contribution in [0.5, 0.6) is 0 Å². The molecule has 0 aliphatic heterocycles. The van der Waals surface area contributed by atoms with Crippen molar-refractivity contribution in [2.24, 2.45) is 0 Å². The Morgan fingerprint density at radius 2 is 0.667 bits per heavy atom. The predicted octanol–water partition coefficient (Wildman–Crippen LogP) is -2.49. The fraction of sp³-hybridized carbons (Fsp3) is 0. The molecule has 79 valence electrons. The maximum Gasteiger partial charge on any atom is 0.394 e. The van der Waals surface area contributed by atoms with E-state index in [1.54, 1.807) is 0 Å². The first kappa shape index (κ1) is 23.0. The average molecular weight is 285 g/mol. The minimum Gasteiger partial charge on any atom is -0.264 e. The molecule has 0 fully saturated rings. The molecule has 8 nitrogen and oxygen atoms in total. The normalized spacial score (nSPS) is 9.67. The number of rotatable bonds is 0. The fourth-order valence-electron chi connectivity index (χ4n) is 0. The van der Waals surface area contributed by atoms with E-state index in [0.717, 1.165) is 0 Å². The molecule has 0 aromatic heterocycles. The third-order valence-corrected chi connectivity index (χ3v) is 0. The van der Waals surface area contributed by atoms with Crippen LogP contribution >= 0.6 is 0 Å². The molecule has 0 saturated carbocycles. The molecule has 4 N–H and O–H groups in total. The molecule has 0 aromatic carbocycles. The van der Waals surface area contributed by atoms with Gasteiger partial charge in [-0.25, -0.2) is 0 Å². The van der Waals surface area contributed by atoms with Crippen LogP contribution in [0.2, 0.25) is 0 Å². The SMILES string of the molecule is O=S(=O)(O)O.O=S(=O)(O)O.[AlH3].[Co]. The maximum atomic E-state index is 8.74. The van der Waals surface area contributed by atoms with E-state index in [1.165, 1.54) is 0 Å². The molecule has 12 heavy (non-hydrogen) atoms. The second-order valence-electron chi connectivity index (χ2n) is 0.896. The molecular formula is H7AlCoO8S2. The Bertz CT molecular complexity index is 213. The van der Waals surface area contributed by atoms with Crippen LogP contribution in [0, 0.1) is 0 Å². The van der Waals surface area contributed by atoms with Gasteiger partial charge in [0.05, 0.1) is 0 Å². The van der Waals surface area contributed by atoms with E-state index in [-0.39, 0.29) is 34.1 Å². The van der Waals surface area contributed by atoms with Crippen LogP contribution in [0.15, 0.2) is 0 Å². The van der Waals surface area contributed by atoms with Gasteiger partial charge in [0.25, 0.3) is 0 Å². The van der Waals surface area contributed by atoms with Crippen LogP contribution in [-0.4, -0.2) is 52.4 Å². The first-order chi connectivity index (χ1) is 4.00. The topological polar surface area (TPSA) is 149 Å². The Morgan fingerprint density at radius 3 is 0.667 bits per heavy atom. The van der Waals surface area contributed by atoms with Crippen LogP contribution in [0.25, 0.3) is 0 Å². The van der Waals surface area contributed by atoms with Crippen LogP contribution < -0.4 is 0 Å². The van der Waals surface area contributed by atoms with Gasteiger partial charge in [0.1, 0.15) is 0 Å². The zero-order chi connectivity index (χ0) is 9.00. The van der Waals surface area contributed by atoms with E-state index in [0.29, 0.717) is 0 Å². The molecule has 0 bridgehead atoms. The molecular weight excluding hydrogens is 278 g/mol. The van der Waals surface area contributed by atoms with Crippen molar-refractivity contribution in [1.29, 1.82) is 0 Å². The van der Waals surface area contributed by atoms with Crippen LogP contribution in [0.1, 0.15) is 0 Å². The predicted molar refractivity (Wildman–Crippen MR) is 38.3 cm³/mol. The Kier molecular flexibility index (Phi) is 16.1. The third-order valence-electron chi connectivity index (χ3n) is 0. The molecule has 0 aliphatic carbocycles. The van der Waals surface area contributed by atoms with Crippen LogP contribution in [-0.2, 0) is 37.6 Å². The van der Waals surface area contributed by atoms with Gasteiger partial charge in [-0.15, -0.1) is 0 Å². The molecule has 0 heterocycles. The van der Waals surface area contributed by atoms with Crippen molar-refractivity contribution in [3.63, 3.8) is 0 Å². The average Bonchev–Trinajstić information content (AvgIpc) is 1.12. The van der Waals surface area contributed by atoms with Gasteiger partial charge in [0.2, 0.25) is 0 Å². The summed E-state index contributed by atoms with van der Waals surface area (Å²) in [6, 6.07) is 0. The van der Waals surface area contributed by atoms with Crippen molar-refractivity contribution < 1.29 is 51.8 Å². The molecule has 1 radical (unpaired) electrons. The van der Waals surface area contributed by atoms with E-state index in [2.05, 4.69) is 0 Å². The molecule has 0 amide bonds. The summed E-state index contributed by atoms with van der Waals surface area (Å²) in [7, 11) is -9.33. The maximum absolute atomic E-state index is 8.74. The summed E-state index contributed by atoms with van der Waals surface area (Å²) in [5.74, 6) is 0.